The maximum absolute atomic E-state index is 6.07. The summed E-state index contributed by atoms with van der Waals surface area (Å²) in [5.74, 6) is 1.68. The molecule has 0 radical (unpaired) electrons. The van der Waals surface area contributed by atoms with Crippen molar-refractivity contribution in [1.29, 1.82) is 0 Å². The van der Waals surface area contributed by atoms with Gasteiger partial charge in [-0.15, -0.1) is 11.6 Å². The summed E-state index contributed by atoms with van der Waals surface area (Å²) in [4.78, 5) is 6.80. The normalized spacial score (nSPS) is 22.3. The maximum Gasteiger partial charge on any atom is 0.154 e. The van der Waals surface area contributed by atoms with E-state index in [0.29, 0.717) is 11.3 Å². The Morgan fingerprint density at radius 3 is 2.71 bits per heavy atom. The topological polar surface area (TPSA) is 33.4 Å². The van der Waals surface area contributed by atoms with Crippen molar-refractivity contribution in [3.05, 3.63) is 24.2 Å². The SMILES string of the molecule is CN(CC1CC(Cl)C1)c1nccn2nc(C(C)(C)C)cc12. The number of hydrogen-bond acceptors (Lipinski definition) is 3. The molecule has 0 saturated heterocycles. The lowest BCUT2D eigenvalue weighted by atomic mass is 9.84. The third-order valence-corrected chi connectivity index (χ3v) is 4.57. The average Bonchev–Trinajstić information content (AvgIpc) is 2.80. The molecule has 21 heavy (non-hydrogen) atoms. The van der Waals surface area contributed by atoms with E-state index in [1.165, 1.54) is 0 Å². The quantitative estimate of drug-likeness (QED) is 0.814. The van der Waals surface area contributed by atoms with Crippen molar-refractivity contribution in [1.82, 2.24) is 14.6 Å². The number of alkyl halides is 1. The molecule has 0 aromatic carbocycles. The molecule has 114 valence electrons. The molecular weight excluding hydrogens is 284 g/mol. The van der Waals surface area contributed by atoms with Crippen molar-refractivity contribution < 1.29 is 0 Å². The molecule has 1 aliphatic carbocycles. The Kier molecular flexibility index (Phi) is 3.60. The zero-order valence-electron chi connectivity index (χ0n) is 13.2. The lowest BCUT2D eigenvalue weighted by Gasteiger charge is -2.34. The Morgan fingerprint density at radius 1 is 1.38 bits per heavy atom. The Hall–Kier alpha value is -1.29. The number of rotatable bonds is 3. The van der Waals surface area contributed by atoms with Crippen LogP contribution in [0.3, 0.4) is 0 Å². The predicted octanol–water partition coefficient (Wildman–Crippen LogP) is 3.48. The van der Waals surface area contributed by atoms with Gasteiger partial charge in [0.2, 0.25) is 0 Å². The molecule has 0 aliphatic heterocycles. The highest BCUT2D eigenvalue weighted by Crippen LogP contribution is 2.33. The van der Waals surface area contributed by atoms with E-state index < -0.39 is 0 Å². The van der Waals surface area contributed by atoms with Gasteiger partial charge >= 0.3 is 0 Å². The van der Waals surface area contributed by atoms with Gasteiger partial charge in [-0.1, -0.05) is 20.8 Å². The van der Waals surface area contributed by atoms with Gasteiger partial charge in [-0.05, 0) is 24.8 Å². The zero-order valence-corrected chi connectivity index (χ0v) is 13.9. The van der Waals surface area contributed by atoms with Crippen LogP contribution in [0.1, 0.15) is 39.3 Å². The number of anilines is 1. The molecule has 0 spiro atoms. The fraction of sp³-hybridized carbons (Fsp3) is 0.625. The van der Waals surface area contributed by atoms with Gasteiger partial charge in [0.25, 0.3) is 0 Å². The molecule has 0 amide bonds. The van der Waals surface area contributed by atoms with Crippen molar-refractivity contribution in [2.45, 2.75) is 44.4 Å². The molecule has 1 fully saturated rings. The van der Waals surface area contributed by atoms with E-state index in [2.05, 4.69) is 48.9 Å². The fourth-order valence-electron chi connectivity index (χ4n) is 2.85. The summed E-state index contributed by atoms with van der Waals surface area (Å²) in [7, 11) is 2.10. The summed E-state index contributed by atoms with van der Waals surface area (Å²) in [6.45, 7) is 7.55. The zero-order chi connectivity index (χ0) is 15.2. The molecular formula is C16H23ClN4. The molecule has 0 N–H and O–H groups in total. The summed E-state index contributed by atoms with van der Waals surface area (Å²) in [6.07, 6.45) is 5.96. The monoisotopic (exact) mass is 306 g/mol. The standard InChI is InChI=1S/C16H23ClN4/c1-16(2,3)14-9-13-15(18-5-6-21(13)19-14)20(4)10-11-7-12(17)8-11/h5-6,9,11-12H,7-8,10H2,1-4H3. The van der Waals surface area contributed by atoms with E-state index in [9.17, 15) is 0 Å². The molecule has 0 bridgehead atoms. The summed E-state index contributed by atoms with van der Waals surface area (Å²) in [5, 5.41) is 5.05. The number of aromatic nitrogens is 3. The molecule has 2 heterocycles. The van der Waals surface area contributed by atoms with Crippen molar-refractivity contribution in [2.75, 3.05) is 18.5 Å². The number of nitrogens with zero attached hydrogens (tertiary/aromatic N) is 4. The molecule has 2 aromatic heterocycles. The van der Waals surface area contributed by atoms with Crippen molar-refractivity contribution in [3.63, 3.8) is 0 Å². The highest BCUT2D eigenvalue weighted by Gasteiger charge is 2.29. The van der Waals surface area contributed by atoms with E-state index in [-0.39, 0.29) is 5.41 Å². The Morgan fingerprint density at radius 2 is 2.10 bits per heavy atom. The van der Waals surface area contributed by atoms with Crippen LogP contribution in [0.4, 0.5) is 5.82 Å². The highest BCUT2D eigenvalue weighted by atomic mass is 35.5. The smallest absolute Gasteiger partial charge is 0.154 e. The van der Waals surface area contributed by atoms with Crippen LogP contribution in [-0.4, -0.2) is 33.6 Å². The van der Waals surface area contributed by atoms with E-state index in [0.717, 1.165) is 36.4 Å². The first-order valence-corrected chi connectivity index (χ1v) is 7.98. The van der Waals surface area contributed by atoms with Gasteiger partial charge < -0.3 is 4.90 Å². The lowest BCUT2D eigenvalue weighted by Crippen LogP contribution is -2.35. The third-order valence-electron chi connectivity index (χ3n) is 4.21. The van der Waals surface area contributed by atoms with E-state index in [4.69, 9.17) is 11.6 Å². The van der Waals surface area contributed by atoms with Gasteiger partial charge in [0.05, 0.1) is 5.69 Å². The number of fused-ring (bicyclic) bond motifs is 1. The molecule has 2 aromatic rings. The van der Waals surface area contributed by atoms with Gasteiger partial charge in [0, 0.05) is 36.8 Å². The maximum atomic E-state index is 6.07. The van der Waals surface area contributed by atoms with Gasteiger partial charge in [0.1, 0.15) is 5.52 Å². The molecule has 0 atom stereocenters. The van der Waals surface area contributed by atoms with Crippen LogP contribution in [0.15, 0.2) is 18.5 Å². The van der Waals surface area contributed by atoms with Crippen LogP contribution in [0.25, 0.3) is 5.52 Å². The van der Waals surface area contributed by atoms with Crippen LogP contribution in [0.2, 0.25) is 0 Å². The largest absolute Gasteiger partial charge is 0.358 e. The van der Waals surface area contributed by atoms with Crippen molar-refractivity contribution in [3.8, 4) is 0 Å². The second-order valence-electron chi connectivity index (χ2n) is 7.18. The number of halogens is 1. The van der Waals surface area contributed by atoms with Crippen LogP contribution in [-0.2, 0) is 5.41 Å². The molecule has 0 unspecified atom stereocenters. The first-order valence-electron chi connectivity index (χ1n) is 7.54. The molecule has 5 heteroatoms. The van der Waals surface area contributed by atoms with Gasteiger partial charge in [-0.25, -0.2) is 9.50 Å². The minimum atomic E-state index is 0.0433. The minimum Gasteiger partial charge on any atom is -0.358 e. The third kappa shape index (κ3) is 2.86. The predicted molar refractivity (Wildman–Crippen MR) is 87.3 cm³/mol. The van der Waals surface area contributed by atoms with E-state index in [1.807, 2.05) is 16.9 Å². The molecule has 1 saturated carbocycles. The van der Waals surface area contributed by atoms with Gasteiger partial charge in [-0.3, -0.25) is 0 Å². The van der Waals surface area contributed by atoms with E-state index in [1.54, 1.807) is 0 Å². The van der Waals surface area contributed by atoms with Crippen molar-refractivity contribution in [2.24, 2.45) is 5.92 Å². The molecule has 3 rings (SSSR count). The first-order chi connectivity index (χ1) is 9.84. The summed E-state index contributed by atoms with van der Waals surface area (Å²) in [6, 6.07) is 2.16. The summed E-state index contributed by atoms with van der Waals surface area (Å²) < 4.78 is 1.94. The fourth-order valence-corrected chi connectivity index (χ4v) is 3.35. The first kappa shape index (κ1) is 14.6. The summed E-state index contributed by atoms with van der Waals surface area (Å²) >= 11 is 6.07. The average molecular weight is 307 g/mol. The van der Waals surface area contributed by atoms with Crippen molar-refractivity contribution >= 4 is 22.9 Å². The summed E-state index contributed by atoms with van der Waals surface area (Å²) in [5.41, 5.74) is 2.21. The van der Waals surface area contributed by atoms with Crippen LogP contribution < -0.4 is 4.90 Å². The Bertz CT molecular complexity index is 637. The van der Waals surface area contributed by atoms with Crippen LogP contribution in [0, 0.1) is 5.92 Å². The highest BCUT2D eigenvalue weighted by molar-refractivity contribution is 6.21. The Labute approximate surface area is 131 Å². The van der Waals surface area contributed by atoms with Gasteiger partial charge in [-0.2, -0.15) is 5.10 Å². The lowest BCUT2D eigenvalue weighted by molar-refractivity contribution is 0.329. The molecule has 1 aliphatic rings. The second kappa shape index (κ2) is 5.16. The Balaban J connectivity index is 1.89. The van der Waals surface area contributed by atoms with Gasteiger partial charge in [0.15, 0.2) is 5.82 Å². The molecule has 4 nitrogen and oxygen atoms in total. The second-order valence-corrected chi connectivity index (χ2v) is 7.79. The number of hydrogen-bond donors (Lipinski definition) is 0. The minimum absolute atomic E-state index is 0.0433. The van der Waals surface area contributed by atoms with Crippen LogP contribution >= 0.6 is 11.6 Å². The van der Waals surface area contributed by atoms with Crippen LogP contribution in [0.5, 0.6) is 0 Å². The van der Waals surface area contributed by atoms with E-state index >= 15 is 0 Å².